The minimum Gasteiger partial charge on any atom is -0.383 e. The third kappa shape index (κ3) is 4.65. The average Bonchev–Trinajstić information content (AvgIpc) is 3.29. The van der Waals surface area contributed by atoms with Gasteiger partial charge in [0.25, 0.3) is 0 Å². The summed E-state index contributed by atoms with van der Waals surface area (Å²) in [5, 5.41) is 21.2. The molecule has 33 heavy (non-hydrogen) atoms. The Bertz CT molecular complexity index is 1310. The summed E-state index contributed by atoms with van der Waals surface area (Å²) in [6.07, 6.45) is 3.06. The molecule has 0 aliphatic heterocycles. The van der Waals surface area contributed by atoms with Gasteiger partial charge in [0.1, 0.15) is 22.6 Å². The van der Waals surface area contributed by atoms with Crippen LogP contribution in [0.1, 0.15) is 48.8 Å². The molecule has 3 heterocycles. The first-order valence-corrected chi connectivity index (χ1v) is 11.8. The van der Waals surface area contributed by atoms with Crippen LogP contribution in [0.15, 0.2) is 48.7 Å². The molecule has 3 aromatic heterocycles. The monoisotopic (exact) mass is 458 g/mol. The van der Waals surface area contributed by atoms with E-state index in [2.05, 4.69) is 39.8 Å². The van der Waals surface area contributed by atoms with E-state index in [1.165, 1.54) is 11.3 Å². The van der Waals surface area contributed by atoms with Gasteiger partial charge in [-0.2, -0.15) is 5.26 Å². The second-order valence-electron chi connectivity index (χ2n) is 7.74. The Labute approximate surface area is 197 Å². The van der Waals surface area contributed by atoms with E-state index in [0.717, 1.165) is 47.8 Å². The molecule has 4 aromatic rings. The van der Waals surface area contributed by atoms with E-state index < -0.39 is 6.10 Å². The number of rotatable bonds is 8. The standard InChI is InChI=1S/C25H26N6OS/c1-3-5-12-31(4-2)24-18(10-7-11-28-24)21(32)20-14-19-22(27)29-23(30-25(19)33-20)17-9-6-8-16(13-17)15-26/h6-11,13-14,21,32H,3-5,12H2,1-2H3,(H2,27,29,30). The van der Waals surface area contributed by atoms with Gasteiger partial charge in [-0.05, 0) is 37.6 Å². The summed E-state index contributed by atoms with van der Waals surface area (Å²) < 4.78 is 0. The van der Waals surface area contributed by atoms with E-state index in [9.17, 15) is 10.4 Å². The smallest absolute Gasteiger partial charge is 0.163 e. The van der Waals surface area contributed by atoms with Crippen molar-refractivity contribution in [1.29, 1.82) is 5.26 Å². The van der Waals surface area contributed by atoms with Gasteiger partial charge in [0, 0.05) is 35.3 Å². The van der Waals surface area contributed by atoms with Gasteiger partial charge in [-0.25, -0.2) is 15.0 Å². The lowest BCUT2D eigenvalue weighted by atomic mass is 10.1. The lowest BCUT2D eigenvalue weighted by Crippen LogP contribution is -2.26. The molecule has 7 nitrogen and oxygen atoms in total. The lowest BCUT2D eigenvalue weighted by Gasteiger charge is -2.25. The van der Waals surface area contributed by atoms with Crippen molar-refractivity contribution in [2.24, 2.45) is 0 Å². The van der Waals surface area contributed by atoms with Crippen LogP contribution in [-0.4, -0.2) is 33.1 Å². The number of nitrogens with two attached hydrogens (primary N) is 1. The Morgan fingerprint density at radius 3 is 2.79 bits per heavy atom. The molecule has 8 heteroatoms. The molecule has 0 bridgehead atoms. The number of fused-ring (bicyclic) bond motifs is 1. The summed E-state index contributed by atoms with van der Waals surface area (Å²) in [5.41, 5.74) is 8.28. The predicted molar refractivity (Wildman–Crippen MR) is 133 cm³/mol. The zero-order valence-electron chi connectivity index (χ0n) is 18.7. The molecule has 0 saturated carbocycles. The van der Waals surface area contributed by atoms with Gasteiger partial charge >= 0.3 is 0 Å². The van der Waals surface area contributed by atoms with Crippen LogP contribution in [0.25, 0.3) is 21.6 Å². The van der Waals surface area contributed by atoms with E-state index in [4.69, 9.17) is 5.73 Å². The van der Waals surface area contributed by atoms with Crippen molar-refractivity contribution in [3.05, 3.63) is 64.7 Å². The summed E-state index contributed by atoms with van der Waals surface area (Å²) in [4.78, 5) is 17.3. The third-order valence-corrected chi connectivity index (χ3v) is 6.62. The Morgan fingerprint density at radius 2 is 2.03 bits per heavy atom. The number of nitrogen functional groups attached to an aromatic ring is 1. The number of aliphatic hydroxyl groups excluding tert-OH is 1. The van der Waals surface area contributed by atoms with Crippen molar-refractivity contribution in [3.8, 4) is 17.5 Å². The van der Waals surface area contributed by atoms with E-state index >= 15 is 0 Å². The molecule has 168 valence electrons. The molecule has 1 atom stereocenters. The second kappa shape index (κ2) is 9.94. The number of aliphatic hydroxyl groups is 1. The number of benzene rings is 1. The molecule has 3 N–H and O–H groups in total. The Balaban J connectivity index is 1.73. The minimum absolute atomic E-state index is 0.344. The van der Waals surface area contributed by atoms with Crippen molar-refractivity contribution in [2.45, 2.75) is 32.8 Å². The highest BCUT2D eigenvalue weighted by molar-refractivity contribution is 7.18. The molecule has 1 aromatic carbocycles. The van der Waals surface area contributed by atoms with E-state index in [0.29, 0.717) is 27.4 Å². The SMILES string of the molecule is CCCCN(CC)c1ncccc1C(O)c1cc2c(N)nc(-c3cccc(C#N)c3)nc2s1. The van der Waals surface area contributed by atoms with Crippen LogP contribution < -0.4 is 10.6 Å². The summed E-state index contributed by atoms with van der Waals surface area (Å²) in [6.45, 7) is 5.96. The molecule has 4 rings (SSSR count). The number of aromatic nitrogens is 3. The quantitative estimate of drug-likeness (QED) is 0.385. The van der Waals surface area contributed by atoms with Crippen LogP contribution in [0.2, 0.25) is 0 Å². The fourth-order valence-corrected chi connectivity index (χ4v) is 4.80. The molecule has 1 unspecified atom stereocenters. The highest BCUT2D eigenvalue weighted by atomic mass is 32.1. The van der Waals surface area contributed by atoms with Gasteiger partial charge in [0.05, 0.1) is 17.0 Å². The fourth-order valence-electron chi connectivity index (χ4n) is 3.76. The van der Waals surface area contributed by atoms with Crippen molar-refractivity contribution in [2.75, 3.05) is 23.7 Å². The van der Waals surface area contributed by atoms with E-state index in [1.807, 2.05) is 24.3 Å². The number of hydrogen-bond donors (Lipinski definition) is 2. The van der Waals surface area contributed by atoms with Gasteiger partial charge in [-0.15, -0.1) is 11.3 Å². The van der Waals surface area contributed by atoms with Crippen LogP contribution in [0.5, 0.6) is 0 Å². The van der Waals surface area contributed by atoms with Gasteiger partial charge in [-0.3, -0.25) is 0 Å². The first-order valence-electron chi connectivity index (χ1n) is 11.0. The zero-order chi connectivity index (χ0) is 23.4. The number of nitrogens with zero attached hydrogens (tertiary/aromatic N) is 5. The van der Waals surface area contributed by atoms with E-state index in [1.54, 1.807) is 24.4 Å². The maximum atomic E-state index is 11.3. The van der Waals surface area contributed by atoms with Crippen LogP contribution >= 0.6 is 11.3 Å². The van der Waals surface area contributed by atoms with Crippen LogP contribution in [0, 0.1) is 11.3 Å². The highest BCUT2D eigenvalue weighted by Crippen LogP contribution is 2.37. The molecule has 0 aliphatic rings. The van der Waals surface area contributed by atoms with Gasteiger partial charge in [-0.1, -0.05) is 31.5 Å². The number of anilines is 2. The lowest BCUT2D eigenvalue weighted by molar-refractivity contribution is 0.224. The van der Waals surface area contributed by atoms with Crippen molar-refractivity contribution < 1.29 is 5.11 Å². The predicted octanol–water partition coefficient (Wildman–Crippen LogP) is 4.92. The zero-order valence-corrected chi connectivity index (χ0v) is 19.5. The average molecular weight is 459 g/mol. The second-order valence-corrected chi connectivity index (χ2v) is 8.81. The Kier molecular flexibility index (Phi) is 6.82. The molecule has 0 fully saturated rings. The van der Waals surface area contributed by atoms with Gasteiger partial charge in [0.2, 0.25) is 0 Å². The summed E-state index contributed by atoms with van der Waals surface area (Å²) in [7, 11) is 0. The summed E-state index contributed by atoms with van der Waals surface area (Å²) in [6, 6.07) is 14.9. The largest absolute Gasteiger partial charge is 0.383 e. The number of pyridine rings is 1. The minimum atomic E-state index is -0.853. The molecule has 0 saturated heterocycles. The van der Waals surface area contributed by atoms with Crippen LogP contribution in [0.3, 0.4) is 0 Å². The number of thiophene rings is 1. The fraction of sp³-hybridized carbons (Fsp3) is 0.280. The topological polar surface area (TPSA) is 112 Å². The number of unbranched alkanes of at least 4 members (excludes halogenated alkanes) is 1. The Hall–Kier alpha value is -3.54. The first kappa shape index (κ1) is 22.6. The molecular formula is C25H26N6OS. The molecular weight excluding hydrogens is 432 g/mol. The van der Waals surface area contributed by atoms with Gasteiger partial charge < -0.3 is 15.7 Å². The molecule has 0 aliphatic carbocycles. The van der Waals surface area contributed by atoms with Crippen LogP contribution in [0.4, 0.5) is 11.6 Å². The third-order valence-electron chi connectivity index (χ3n) is 5.53. The maximum absolute atomic E-state index is 11.3. The highest BCUT2D eigenvalue weighted by Gasteiger charge is 2.22. The summed E-state index contributed by atoms with van der Waals surface area (Å²) in [5.74, 6) is 1.60. The number of hydrogen-bond acceptors (Lipinski definition) is 8. The first-order chi connectivity index (χ1) is 16.0. The molecule has 0 spiro atoms. The molecule has 0 amide bonds. The van der Waals surface area contributed by atoms with Gasteiger partial charge in [0.15, 0.2) is 5.82 Å². The Morgan fingerprint density at radius 1 is 1.18 bits per heavy atom. The van der Waals surface area contributed by atoms with Crippen molar-refractivity contribution in [1.82, 2.24) is 15.0 Å². The van der Waals surface area contributed by atoms with Crippen LogP contribution in [-0.2, 0) is 0 Å². The summed E-state index contributed by atoms with van der Waals surface area (Å²) >= 11 is 1.39. The normalized spacial score (nSPS) is 11.9. The van der Waals surface area contributed by atoms with Crippen molar-refractivity contribution >= 4 is 33.2 Å². The molecule has 0 radical (unpaired) electrons. The van der Waals surface area contributed by atoms with Crippen molar-refractivity contribution in [3.63, 3.8) is 0 Å². The maximum Gasteiger partial charge on any atom is 0.163 e. The van der Waals surface area contributed by atoms with E-state index in [-0.39, 0.29) is 0 Å². The number of nitriles is 1.